The predicted molar refractivity (Wildman–Crippen MR) is 131 cm³/mol. The number of rotatable bonds is 13. The molecule has 2 aromatic rings. The number of aromatic amines is 1. The van der Waals surface area contributed by atoms with Crippen molar-refractivity contribution < 1.29 is 19.2 Å². The highest BCUT2D eigenvalue weighted by Gasteiger charge is 2.28. The lowest BCUT2D eigenvalue weighted by molar-refractivity contribution is -0.132. The summed E-state index contributed by atoms with van der Waals surface area (Å²) in [6.07, 6.45) is 0.655. The molecule has 0 saturated carbocycles. The van der Waals surface area contributed by atoms with E-state index in [1.54, 1.807) is 24.3 Å². The van der Waals surface area contributed by atoms with Crippen molar-refractivity contribution in [1.29, 1.82) is 0 Å². The summed E-state index contributed by atoms with van der Waals surface area (Å²) in [7, 11) is 0. The number of hydrogen-bond acceptors (Lipinski definition) is 8. The summed E-state index contributed by atoms with van der Waals surface area (Å²) < 4.78 is 0. The van der Waals surface area contributed by atoms with Gasteiger partial charge in [0, 0.05) is 13.0 Å². The van der Waals surface area contributed by atoms with Gasteiger partial charge in [0.2, 0.25) is 29.5 Å². The van der Waals surface area contributed by atoms with Crippen molar-refractivity contribution in [3.05, 3.63) is 41.7 Å². The van der Waals surface area contributed by atoms with Gasteiger partial charge in [-0.05, 0) is 25.3 Å². The van der Waals surface area contributed by atoms with E-state index in [2.05, 4.69) is 36.1 Å². The van der Waals surface area contributed by atoms with Gasteiger partial charge in [0.25, 0.3) is 5.91 Å². The average molecular weight is 502 g/mol. The molecule has 0 spiro atoms. The summed E-state index contributed by atoms with van der Waals surface area (Å²) in [5.41, 5.74) is 22.3. The molecule has 194 valence electrons. The zero-order valence-electron chi connectivity index (χ0n) is 19.7. The Morgan fingerprint density at radius 3 is 2.25 bits per heavy atom. The number of aliphatic imine (C=N–C) groups is 1. The van der Waals surface area contributed by atoms with Crippen LogP contribution < -0.4 is 38.9 Å². The standard InChI is InChI=1S/C21H31N11O4/c1-11(27-19(36)16-30-21(25)32-31-16)17(34)28-13(8-5-9-26-20(23)24)18(35)29-14(15(22)33)10-12-6-3-2-4-7-12/h2-4,6-7,11,13-14H,5,8-10H2,1H3,(H2,22,33)(H,27,36)(H,28,34)(H,29,35)(H4,23,24,26)(H3,25,30,31,32)/t11-,13-,14-/m0/s1. The van der Waals surface area contributed by atoms with Crippen molar-refractivity contribution in [3.8, 4) is 0 Å². The van der Waals surface area contributed by atoms with Gasteiger partial charge in [-0.3, -0.25) is 29.3 Å². The summed E-state index contributed by atoms with van der Waals surface area (Å²) in [5.74, 6) is -3.15. The highest BCUT2D eigenvalue weighted by atomic mass is 16.2. The summed E-state index contributed by atoms with van der Waals surface area (Å²) in [6.45, 7) is 1.63. The first-order chi connectivity index (χ1) is 17.1. The number of H-pyrrole nitrogens is 1. The number of hydrogen-bond donors (Lipinski definition) is 8. The molecule has 12 N–H and O–H groups in total. The van der Waals surface area contributed by atoms with Crippen molar-refractivity contribution in [3.63, 3.8) is 0 Å². The van der Waals surface area contributed by atoms with Crippen molar-refractivity contribution >= 4 is 35.5 Å². The first-order valence-electron chi connectivity index (χ1n) is 11.0. The number of aromatic nitrogens is 3. The Kier molecular flexibility index (Phi) is 10.2. The Morgan fingerprint density at radius 2 is 1.67 bits per heavy atom. The highest BCUT2D eigenvalue weighted by Crippen LogP contribution is 2.06. The number of benzene rings is 1. The molecule has 0 unspecified atom stereocenters. The molecule has 3 atom stereocenters. The second-order valence-electron chi connectivity index (χ2n) is 7.90. The number of carbonyl (C=O) groups excluding carboxylic acids is 4. The topological polar surface area (TPSA) is 262 Å². The number of nitrogens with one attached hydrogen (secondary N) is 4. The molecule has 15 heteroatoms. The van der Waals surface area contributed by atoms with Gasteiger partial charge < -0.3 is 38.9 Å². The van der Waals surface area contributed by atoms with Gasteiger partial charge >= 0.3 is 0 Å². The van der Waals surface area contributed by atoms with Crippen molar-refractivity contribution in [2.24, 2.45) is 22.2 Å². The van der Waals surface area contributed by atoms with Gasteiger partial charge in [-0.25, -0.2) is 0 Å². The third kappa shape index (κ3) is 8.92. The molecule has 2 rings (SSSR count). The van der Waals surface area contributed by atoms with Gasteiger partial charge in [-0.15, -0.1) is 5.10 Å². The molecule has 1 aromatic heterocycles. The fourth-order valence-corrected chi connectivity index (χ4v) is 3.12. The molecule has 1 aromatic carbocycles. The molecule has 0 aliphatic rings. The Hall–Kier alpha value is -4.69. The molecule has 0 bridgehead atoms. The number of carbonyl (C=O) groups is 4. The number of nitrogens with two attached hydrogens (primary N) is 4. The summed E-state index contributed by atoms with van der Waals surface area (Å²) in [6, 6.07) is 5.88. The first-order valence-corrected chi connectivity index (χ1v) is 11.0. The fraction of sp³-hybridized carbons (Fsp3) is 0.381. The SMILES string of the molecule is C[C@H](NC(=O)c1nc(N)n[nH]1)C(=O)N[C@@H](CCCN=C(N)N)C(=O)N[C@@H](Cc1ccccc1)C(N)=O. The van der Waals surface area contributed by atoms with Crippen LogP contribution in [-0.2, 0) is 20.8 Å². The predicted octanol–water partition coefficient (Wildman–Crippen LogP) is -2.74. The van der Waals surface area contributed by atoms with Crippen molar-refractivity contribution in [2.75, 3.05) is 12.3 Å². The van der Waals surface area contributed by atoms with E-state index in [-0.39, 0.29) is 37.1 Å². The molecule has 36 heavy (non-hydrogen) atoms. The summed E-state index contributed by atoms with van der Waals surface area (Å²) in [5, 5.41) is 13.5. The first kappa shape index (κ1) is 27.6. The monoisotopic (exact) mass is 501 g/mol. The van der Waals surface area contributed by atoms with Crippen LogP contribution in [0.4, 0.5) is 5.95 Å². The lowest BCUT2D eigenvalue weighted by Crippen LogP contribution is -2.56. The minimum atomic E-state index is -1.07. The Bertz CT molecular complexity index is 1080. The molecule has 0 aliphatic heterocycles. The van der Waals surface area contributed by atoms with Crippen molar-refractivity contribution in [1.82, 2.24) is 31.1 Å². The maximum Gasteiger partial charge on any atom is 0.289 e. The fourth-order valence-electron chi connectivity index (χ4n) is 3.12. The van der Waals surface area contributed by atoms with Gasteiger partial charge in [-0.1, -0.05) is 30.3 Å². The van der Waals surface area contributed by atoms with E-state index in [0.29, 0.717) is 6.42 Å². The zero-order chi connectivity index (χ0) is 26.7. The van der Waals surface area contributed by atoms with Crippen LogP contribution in [0.2, 0.25) is 0 Å². The number of nitrogens with zero attached hydrogens (tertiary/aromatic N) is 3. The summed E-state index contributed by atoms with van der Waals surface area (Å²) >= 11 is 0. The van der Waals surface area contributed by atoms with E-state index in [9.17, 15) is 19.2 Å². The number of nitrogen functional groups attached to an aromatic ring is 1. The maximum absolute atomic E-state index is 13.0. The van der Waals surface area contributed by atoms with Crippen LogP contribution in [0.25, 0.3) is 0 Å². The molecule has 4 amide bonds. The average Bonchev–Trinajstić information content (AvgIpc) is 3.27. The van der Waals surface area contributed by atoms with Crippen LogP contribution in [0.3, 0.4) is 0 Å². The molecule has 0 saturated heterocycles. The van der Waals surface area contributed by atoms with Gasteiger partial charge in [0.05, 0.1) is 0 Å². The van der Waals surface area contributed by atoms with E-state index >= 15 is 0 Å². The van der Waals surface area contributed by atoms with Crippen molar-refractivity contribution in [2.45, 2.75) is 44.3 Å². The third-order valence-corrected chi connectivity index (χ3v) is 4.98. The summed E-state index contributed by atoms with van der Waals surface area (Å²) in [4.78, 5) is 57.5. The third-order valence-electron chi connectivity index (χ3n) is 4.98. The lowest BCUT2D eigenvalue weighted by Gasteiger charge is -2.23. The Labute approximate surface area is 206 Å². The van der Waals surface area contributed by atoms with Crippen LogP contribution in [-0.4, -0.2) is 69.4 Å². The van der Waals surface area contributed by atoms with E-state index in [0.717, 1.165) is 5.56 Å². The molecule has 1 heterocycles. The zero-order valence-corrected chi connectivity index (χ0v) is 19.7. The van der Waals surface area contributed by atoms with Crippen LogP contribution in [0.5, 0.6) is 0 Å². The molecule has 0 fully saturated rings. The number of amides is 4. The Morgan fingerprint density at radius 1 is 1.00 bits per heavy atom. The second kappa shape index (κ2) is 13.3. The van der Waals surface area contributed by atoms with Crippen LogP contribution in [0.15, 0.2) is 35.3 Å². The van der Waals surface area contributed by atoms with E-state index in [1.807, 2.05) is 6.07 Å². The maximum atomic E-state index is 13.0. The molecule has 0 radical (unpaired) electrons. The number of primary amides is 1. The number of anilines is 1. The minimum absolute atomic E-state index is 0.110. The molecule has 0 aliphatic carbocycles. The van der Waals surface area contributed by atoms with Gasteiger partial charge in [0.1, 0.15) is 18.1 Å². The van der Waals surface area contributed by atoms with E-state index in [1.165, 1.54) is 6.92 Å². The van der Waals surface area contributed by atoms with Crippen LogP contribution >= 0.6 is 0 Å². The second-order valence-corrected chi connectivity index (χ2v) is 7.90. The molecular formula is C21H31N11O4. The van der Waals surface area contributed by atoms with Gasteiger partial charge in [-0.2, -0.15) is 4.98 Å². The van der Waals surface area contributed by atoms with Crippen LogP contribution in [0, 0.1) is 0 Å². The lowest BCUT2D eigenvalue weighted by atomic mass is 10.0. The van der Waals surface area contributed by atoms with E-state index < -0.39 is 41.8 Å². The normalized spacial score (nSPS) is 13.0. The molecular weight excluding hydrogens is 470 g/mol. The van der Waals surface area contributed by atoms with Gasteiger partial charge in [0.15, 0.2) is 5.96 Å². The quantitative estimate of drug-likeness (QED) is 0.0802. The highest BCUT2D eigenvalue weighted by molar-refractivity contribution is 5.96. The minimum Gasteiger partial charge on any atom is -0.370 e. The van der Waals surface area contributed by atoms with E-state index in [4.69, 9.17) is 22.9 Å². The Balaban J connectivity index is 2.07. The van der Waals surface area contributed by atoms with Crippen LogP contribution in [0.1, 0.15) is 35.9 Å². The number of guanidine groups is 1. The largest absolute Gasteiger partial charge is 0.370 e. The smallest absolute Gasteiger partial charge is 0.289 e. The molecule has 15 nitrogen and oxygen atoms in total.